The maximum absolute atomic E-state index is 12.3. The zero-order chi connectivity index (χ0) is 23.8. The molecule has 0 aliphatic carbocycles. The van der Waals surface area contributed by atoms with Crippen LogP contribution in [0.1, 0.15) is 5.56 Å². The number of guanidine groups is 1. The Morgan fingerprint density at radius 1 is 0.882 bits per heavy atom. The van der Waals surface area contributed by atoms with Gasteiger partial charge in [0.25, 0.3) is 0 Å². The van der Waals surface area contributed by atoms with Crippen molar-refractivity contribution in [2.75, 3.05) is 17.7 Å². The summed E-state index contributed by atoms with van der Waals surface area (Å²) >= 11 is 0. The van der Waals surface area contributed by atoms with E-state index in [-0.39, 0.29) is 11.9 Å². The second kappa shape index (κ2) is 10.8. The molecule has 170 valence electrons. The fraction of sp³-hybridized carbons (Fsp3) is 0.0741. The summed E-state index contributed by atoms with van der Waals surface area (Å²) in [4.78, 5) is 19.8. The van der Waals surface area contributed by atoms with Gasteiger partial charge < -0.3 is 21.1 Å². The van der Waals surface area contributed by atoms with E-state index in [4.69, 9.17) is 10.5 Å². The second-order valence-corrected chi connectivity index (χ2v) is 7.57. The van der Waals surface area contributed by atoms with E-state index in [0.717, 1.165) is 28.1 Å². The summed E-state index contributed by atoms with van der Waals surface area (Å²) in [6, 6.07) is 28.6. The summed E-state index contributed by atoms with van der Waals surface area (Å²) in [5.74, 6) is 1.48. The molecule has 0 aliphatic rings. The van der Waals surface area contributed by atoms with E-state index in [1.807, 2.05) is 97.2 Å². The Bertz CT molecular complexity index is 1270. The first-order chi connectivity index (χ1) is 16.6. The number of amides is 1. The van der Waals surface area contributed by atoms with Crippen LogP contribution in [0, 0.1) is 0 Å². The molecule has 5 N–H and O–H groups in total. The first-order valence-corrected chi connectivity index (χ1v) is 10.8. The van der Waals surface area contributed by atoms with Crippen LogP contribution in [-0.4, -0.2) is 19.0 Å². The van der Waals surface area contributed by atoms with E-state index in [1.54, 1.807) is 7.11 Å². The van der Waals surface area contributed by atoms with Gasteiger partial charge in [0, 0.05) is 17.3 Å². The van der Waals surface area contributed by atoms with Crippen LogP contribution in [0.3, 0.4) is 0 Å². The Labute approximate surface area is 198 Å². The fourth-order valence-corrected chi connectivity index (χ4v) is 3.44. The van der Waals surface area contributed by atoms with Gasteiger partial charge in [-0.25, -0.2) is 4.98 Å². The van der Waals surface area contributed by atoms with Crippen LogP contribution in [0.15, 0.2) is 102 Å². The molecule has 0 bridgehead atoms. The summed E-state index contributed by atoms with van der Waals surface area (Å²) < 4.78 is 5.31. The molecule has 1 heterocycles. The highest BCUT2D eigenvalue weighted by molar-refractivity contribution is 5.95. The number of nitrogens with one attached hydrogen (secondary N) is 3. The molecule has 4 aromatic rings. The molecule has 0 atom stereocenters. The number of para-hydroxylation sites is 2. The normalized spacial score (nSPS) is 11.0. The van der Waals surface area contributed by atoms with Crippen molar-refractivity contribution in [3.05, 3.63) is 103 Å². The highest BCUT2D eigenvalue weighted by Gasteiger charge is 2.09. The first-order valence-electron chi connectivity index (χ1n) is 10.8. The molecule has 0 unspecified atom stereocenters. The number of hydrogen-bond acceptors (Lipinski definition) is 3. The molecule has 1 aromatic heterocycles. The molecule has 7 nitrogen and oxygen atoms in total. The summed E-state index contributed by atoms with van der Waals surface area (Å²) in [6.45, 7) is 0. The largest absolute Gasteiger partial charge is 0.495 e. The number of methoxy groups -OCH3 is 1. The number of pyridine rings is 1. The van der Waals surface area contributed by atoms with Crippen LogP contribution in [0.25, 0.3) is 11.1 Å². The zero-order valence-electron chi connectivity index (χ0n) is 18.8. The van der Waals surface area contributed by atoms with Crippen molar-refractivity contribution in [1.29, 1.82) is 0 Å². The summed E-state index contributed by atoms with van der Waals surface area (Å²) in [5, 5.41) is 5.97. The van der Waals surface area contributed by atoms with E-state index in [1.165, 1.54) is 0 Å². The van der Waals surface area contributed by atoms with Gasteiger partial charge >= 0.3 is 11.8 Å². The minimum Gasteiger partial charge on any atom is -0.495 e. The standard InChI is InChI=1S/C27H25N5O2/c1-34-24-10-6-5-9-23(24)31-27(28)32-25-16-13-21(18-29-25)20-11-14-22(15-12-20)30-26(33)17-19-7-3-2-4-8-19/h2-16,18H,17H2,1H3,(H,30,33)(H3,28,29,31,32)/p+1. The molecule has 4 rings (SSSR count). The van der Waals surface area contributed by atoms with Crippen molar-refractivity contribution >= 4 is 29.1 Å². The van der Waals surface area contributed by atoms with Gasteiger partial charge in [-0.3, -0.25) is 4.79 Å². The number of aliphatic imine (C=N–C) groups is 1. The molecule has 0 fully saturated rings. The molecular weight excluding hydrogens is 426 g/mol. The van der Waals surface area contributed by atoms with Crippen molar-refractivity contribution in [3.8, 4) is 16.9 Å². The molecule has 0 spiro atoms. The van der Waals surface area contributed by atoms with Crippen molar-refractivity contribution in [1.82, 2.24) is 0 Å². The van der Waals surface area contributed by atoms with Crippen molar-refractivity contribution in [3.63, 3.8) is 0 Å². The number of aromatic amines is 1. The Balaban J connectivity index is 1.37. The summed E-state index contributed by atoms with van der Waals surface area (Å²) in [6.07, 6.45) is 2.20. The quantitative estimate of drug-likeness (QED) is 0.285. The SMILES string of the molecule is COc1ccccc1NC(N)=Nc1ccc(-c2ccc(NC(=O)Cc3ccccc3)cc2)c[nH+]1. The Kier molecular flexibility index (Phi) is 7.15. The fourth-order valence-electron chi connectivity index (χ4n) is 3.44. The number of nitrogens with two attached hydrogens (primary N) is 1. The lowest BCUT2D eigenvalue weighted by molar-refractivity contribution is -0.361. The number of anilines is 2. The number of nitrogens with zero attached hydrogens (tertiary/aromatic N) is 1. The maximum atomic E-state index is 12.3. The molecule has 34 heavy (non-hydrogen) atoms. The van der Waals surface area contributed by atoms with Gasteiger partial charge in [-0.2, -0.15) is 0 Å². The smallest absolute Gasteiger partial charge is 0.325 e. The van der Waals surface area contributed by atoms with Crippen LogP contribution in [-0.2, 0) is 11.2 Å². The van der Waals surface area contributed by atoms with E-state index >= 15 is 0 Å². The van der Waals surface area contributed by atoms with E-state index in [2.05, 4.69) is 20.6 Å². The van der Waals surface area contributed by atoms with Crippen LogP contribution in [0.5, 0.6) is 5.75 Å². The van der Waals surface area contributed by atoms with Crippen LogP contribution < -0.4 is 26.1 Å². The third kappa shape index (κ3) is 5.98. The van der Waals surface area contributed by atoms with Gasteiger partial charge in [-0.15, -0.1) is 0 Å². The number of benzene rings is 3. The van der Waals surface area contributed by atoms with Gasteiger partial charge in [0.2, 0.25) is 5.91 Å². The first kappa shape index (κ1) is 22.5. The minimum atomic E-state index is -0.0474. The van der Waals surface area contributed by atoms with Gasteiger partial charge in [0.15, 0.2) is 0 Å². The Hall–Kier alpha value is -4.65. The molecule has 7 heteroatoms. The molecule has 1 amide bonds. The molecular formula is C27H26N5O2+. The van der Waals surface area contributed by atoms with Crippen LogP contribution >= 0.6 is 0 Å². The molecule has 0 radical (unpaired) electrons. The number of aromatic nitrogens is 1. The number of hydrogen-bond donors (Lipinski definition) is 3. The Morgan fingerprint density at radius 2 is 1.59 bits per heavy atom. The van der Waals surface area contributed by atoms with Crippen molar-refractivity contribution in [2.45, 2.75) is 6.42 Å². The Morgan fingerprint density at radius 3 is 2.29 bits per heavy atom. The third-order valence-electron chi connectivity index (χ3n) is 5.12. The molecule has 3 aromatic carbocycles. The van der Waals surface area contributed by atoms with Gasteiger partial charge in [0.1, 0.15) is 5.75 Å². The highest BCUT2D eigenvalue weighted by Crippen LogP contribution is 2.23. The summed E-state index contributed by atoms with van der Waals surface area (Å²) in [7, 11) is 1.60. The zero-order valence-corrected chi connectivity index (χ0v) is 18.8. The monoisotopic (exact) mass is 452 g/mol. The number of H-pyrrole nitrogens is 1. The lowest BCUT2D eigenvalue weighted by atomic mass is 10.1. The topological polar surface area (TPSA) is 103 Å². The van der Waals surface area contributed by atoms with Crippen molar-refractivity contribution < 1.29 is 14.5 Å². The minimum absolute atomic E-state index is 0.0474. The predicted molar refractivity (Wildman–Crippen MR) is 135 cm³/mol. The van der Waals surface area contributed by atoms with Crippen LogP contribution in [0.2, 0.25) is 0 Å². The predicted octanol–water partition coefficient (Wildman–Crippen LogP) is 4.42. The third-order valence-corrected chi connectivity index (χ3v) is 5.12. The summed E-state index contributed by atoms with van der Waals surface area (Å²) in [5.41, 5.74) is 10.5. The highest BCUT2D eigenvalue weighted by atomic mass is 16.5. The van der Waals surface area contributed by atoms with Gasteiger partial charge in [-0.05, 0) is 46.5 Å². The van der Waals surface area contributed by atoms with Gasteiger partial charge in [-0.1, -0.05) is 54.6 Å². The number of carbonyl (C=O) groups is 1. The average molecular weight is 453 g/mol. The average Bonchev–Trinajstić information content (AvgIpc) is 2.86. The number of carbonyl (C=O) groups excluding carboxylic acids is 1. The van der Waals surface area contributed by atoms with E-state index < -0.39 is 0 Å². The second-order valence-electron chi connectivity index (χ2n) is 7.57. The molecule has 0 saturated carbocycles. The lowest BCUT2D eigenvalue weighted by Gasteiger charge is -2.07. The van der Waals surface area contributed by atoms with Crippen molar-refractivity contribution in [2.24, 2.45) is 10.7 Å². The number of rotatable bonds is 7. The number of ether oxygens (including phenoxy) is 1. The van der Waals surface area contributed by atoms with E-state index in [0.29, 0.717) is 18.0 Å². The van der Waals surface area contributed by atoms with E-state index in [9.17, 15) is 4.79 Å². The maximum Gasteiger partial charge on any atom is 0.325 e. The van der Waals surface area contributed by atoms with Gasteiger partial charge in [0.05, 0.1) is 25.4 Å². The molecule has 0 aliphatic heterocycles. The molecule has 0 saturated heterocycles. The lowest BCUT2D eigenvalue weighted by Crippen LogP contribution is -2.23. The van der Waals surface area contributed by atoms with Crippen LogP contribution in [0.4, 0.5) is 17.2 Å².